The van der Waals surface area contributed by atoms with Crippen LogP contribution >= 0.6 is 11.3 Å². The molecule has 2 heterocycles. The van der Waals surface area contributed by atoms with Crippen molar-refractivity contribution in [3.05, 3.63) is 41.0 Å². The molecule has 0 radical (unpaired) electrons. The summed E-state index contributed by atoms with van der Waals surface area (Å²) in [6.45, 7) is 3.06. The predicted octanol–water partition coefficient (Wildman–Crippen LogP) is 1.80. The van der Waals surface area contributed by atoms with E-state index in [4.69, 9.17) is 0 Å². The Morgan fingerprint density at radius 3 is 2.74 bits per heavy atom. The highest BCUT2D eigenvalue weighted by atomic mass is 32.1. The molecular weight excluding hydrogens is 310 g/mol. The number of aromatic nitrogens is 1. The van der Waals surface area contributed by atoms with Crippen LogP contribution in [0.1, 0.15) is 17.7 Å². The third kappa shape index (κ3) is 3.60. The second kappa shape index (κ2) is 6.78. The fraction of sp³-hybridized carbons (Fsp3) is 0.412. The standard InChI is InChI=1S/C17H21N3O2S/c1-11-16(23-10-19-11)13-5-3-12(4-6-13)8-18-17(22)15-7-14(21)9-20(15)2/h3-6,10,14-15,21H,7-9H2,1-2H3,(H,18,22)/t14-,15+/m0/s1. The lowest BCUT2D eigenvalue weighted by molar-refractivity contribution is -0.125. The molecule has 3 rings (SSSR count). The maximum Gasteiger partial charge on any atom is 0.237 e. The van der Waals surface area contributed by atoms with E-state index in [-0.39, 0.29) is 11.9 Å². The molecule has 1 saturated heterocycles. The zero-order valence-corrected chi connectivity index (χ0v) is 14.1. The Morgan fingerprint density at radius 2 is 2.17 bits per heavy atom. The van der Waals surface area contributed by atoms with Crippen LogP contribution in [0.2, 0.25) is 0 Å². The third-order valence-corrected chi connectivity index (χ3v) is 5.23. The summed E-state index contributed by atoms with van der Waals surface area (Å²) in [6, 6.07) is 7.95. The first-order valence-corrected chi connectivity index (χ1v) is 8.58. The Kier molecular flexibility index (Phi) is 4.75. The van der Waals surface area contributed by atoms with Crippen LogP contribution in [0, 0.1) is 6.92 Å². The minimum Gasteiger partial charge on any atom is -0.392 e. The van der Waals surface area contributed by atoms with E-state index in [0.717, 1.165) is 16.8 Å². The highest BCUT2D eigenvalue weighted by Gasteiger charge is 2.33. The summed E-state index contributed by atoms with van der Waals surface area (Å²) >= 11 is 1.63. The number of carbonyl (C=O) groups excluding carboxylic acids is 1. The molecule has 122 valence electrons. The summed E-state index contributed by atoms with van der Waals surface area (Å²) < 4.78 is 0. The topological polar surface area (TPSA) is 65.5 Å². The molecular formula is C17H21N3O2S. The lowest BCUT2D eigenvalue weighted by Gasteiger charge is -2.18. The third-order valence-electron chi connectivity index (χ3n) is 4.26. The molecule has 1 aliphatic heterocycles. The minimum atomic E-state index is -0.405. The van der Waals surface area contributed by atoms with E-state index in [2.05, 4.69) is 22.4 Å². The van der Waals surface area contributed by atoms with Crippen molar-refractivity contribution in [1.29, 1.82) is 0 Å². The average Bonchev–Trinajstić information content (AvgIpc) is 3.10. The zero-order chi connectivity index (χ0) is 16.4. The fourth-order valence-corrected chi connectivity index (χ4v) is 3.75. The van der Waals surface area contributed by atoms with Crippen molar-refractivity contribution in [2.45, 2.75) is 32.0 Å². The molecule has 1 fully saturated rings. The number of nitrogens with one attached hydrogen (secondary N) is 1. The van der Waals surface area contributed by atoms with Crippen molar-refractivity contribution in [3.63, 3.8) is 0 Å². The van der Waals surface area contributed by atoms with Crippen LogP contribution in [-0.4, -0.2) is 46.6 Å². The van der Waals surface area contributed by atoms with Crippen LogP contribution in [0.25, 0.3) is 10.4 Å². The molecule has 0 unspecified atom stereocenters. The van der Waals surface area contributed by atoms with Gasteiger partial charge in [0.05, 0.1) is 28.2 Å². The molecule has 1 aromatic heterocycles. The summed E-state index contributed by atoms with van der Waals surface area (Å²) in [5.41, 5.74) is 5.11. The Balaban J connectivity index is 1.59. The molecule has 0 spiro atoms. The molecule has 2 aromatic rings. The number of amides is 1. The van der Waals surface area contributed by atoms with E-state index in [0.29, 0.717) is 19.5 Å². The van der Waals surface area contributed by atoms with E-state index < -0.39 is 6.10 Å². The zero-order valence-electron chi connectivity index (χ0n) is 13.3. The van der Waals surface area contributed by atoms with Crippen molar-refractivity contribution in [1.82, 2.24) is 15.2 Å². The Hall–Kier alpha value is -1.76. The first-order chi connectivity index (χ1) is 11.0. The Labute approximate surface area is 140 Å². The van der Waals surface area contributed by atoms with Gasteiger partial charge >= 0.3 is 0 Å². The van der Waals surface area contributed by atoms with Crippen molar-refractivity contribution in [3.8, 4) is 10.4 Å². The number of aliphatic hydroxyl groups excluding tert-OH is 1. The van der Waals surface area contributed by atoms with Crippen molar-refractivity contribution >= 4 is 17.2 Å². The number of hydrogen-bond donors (Lipinski definition) is 2. The maximum atomic E-state index is 12.2. The quantitative estimate of drug-likeness (QED) is 0.897. The van der Waals surface area contributed by atoms with Crippen molar-refractivity contribution in [2.24, 2.45) is 0 Å². The van der Waals surface area contributed by atoms with E-state index >= 15 is 0 Å². The highest BCUT2D eigenvalue weighted by Crippen LogP contribution is 2.27. The molecule has 0 aliphatic carbocycles. The number of benzene rings is 1. The Bertz CT molecular complexity index is 683. The molecule has 1 amide bonds. The van der Waals surface area contributed by atoms with Gasteiger partial charge in [0.1, 0.15) is 0 Å². The van der Waals surface area contributed by atoms with E-state index in [1.165, 1.54) is 4.88 Å². The second-order valence-electron chi connectivity index (χ2n) is 6.03. The van der Waals surface area contributed by atoms with E-state index in [1.54, 1.807) is 11.3 Å². The van der Waals surface area contributed by atoms with Crippen LogP contribution < -0.4 is 5.32 Å². The van der Waals surface area contributed by atoms with Gasteiger partial charge < -0.3 is 10.4 Å². The van der Waals surface area contributed by atoms with Gasteiger partial charge in [-0.3, -0.25) is 9.69 Å². The van der Waals surface area contributed by atoms with Crippen LogP contribution in [-0.2, 0) is 11.3 Å². The lowest BCUT2D eigenvalue weighted by atomic mass is 10.1. The summed E-state index contributed by atoms with van der Waals surface area (Å²) in [7, 11) is 1.87. The number of likely N-dealkylation sites (tertiary alicyclic amines) is 1. The molecule has 1 aromatic carbocycles. The minimum absolute atomic E-state index is 0.0218. The number of nitrogens with zero attached hydrogens (tertiary/aromatic N) is 2. The SMILES string of the molecule is Cc1ncsc1-c1ccc(CNC(=O)[C@H]2C[C@H](O)CN2C)cc1. The van der Waals surface area contributed by atoms with Crippen LogP contribution in [0.15, 0.2) is 29.8 Å². The molecule has 0 bridgehead atoms. The normalized spacial score (nSPS) is 21.5. The molecule has 23 heavy (non-hydrogen) atoms. The van der Waals surface area contributed by atoms with Crippen LogP contribution in [0.4, 0.5) is 0 Å². The van der Waals surface area contributed by atoms with Gasteiger partial charge in [0.2, 0.25) is 5.91 Å². The largest absolute Gasteiger partial charge is 0.392 e. The summed E-state index contributed by atoms with van der Waals surface area (Å²) in [5.74, 6) is -0.0218. The average molecular weight is 331 g/mol. The molecule has 5 nitrogen and oxygen atoms in total. The summed E-state index contributed by atoms with van der Waals surface area (Å²) in [6.07, 6.45) is 0.101. The van der Waals surface area contributed by atoms with Crippen molar-refractivity contribution < 1.29 is 9.90 Å². The smallest absolute Gasteiger partial charge is 0.237 e. The predicted molar refractivity (Wildman–Crippen MR) is 91.2 cm³/mol. The first kappa shape index (κ1) is 16.1. The van der Waals surface area contributed by atoms with Gasteiger partial charge in [0.25, 0.3) is 0 Å². The number of aliphatic hydroxyl groups is 1. The van der Waals surface area contributed by atoms with Gasteiger partial charge in [-0.05, 0) is 31.5 Å². The molecule has 2 N–H and O–H groups in total. The van der Waals surface area contributed by atoms with E-state index in [1.807, 2.05) is 36.5 Å². The van der Waals surface area contributed by atoms with Gasteiger partial charge in [-0.1, -0.05) is 24.3 Å². The summed E-state index contributed by atoms with van der Waals surface area (Å²) in [4.78, 5) is 19.6. The van der Waals surface area contributed by atoms with E-state index in [9.17, 15) is 9.90 Å². The van der Waals surface area contributed by atoms with Gasteiger partial charge in [-0.15, -0.1) is 11.3 Å². The molecule has 2 atom stereocenters. The number of rotatable bonds is 4. The van der Waals surface area contributed by atoms with Crippen LogP contribution in [0.3, 0.4) is 0 Å². The monoisotopic (exact) mass is 331 g/mol. The number of hydrogen-bond acceptors (Lipinski definition) is 5. The maximum absolute atomic E-state index is 12.2. The van der Waals surface area contributed by atoms with Gasteiger partial charge in [0, 0.05) is 13.1 Å². The molecule has 1 aliphatic rings. The fourth-order valence-electron chi connectivity index (χ4n) is 2.94. The molecule has 6 heteroatoms. The highest BCUT2D eigenvalue weighted by molar-refractivity contribution is 7.13. The number of β-amino-alcohol motifs (C(OH)–C–C–N with tert-alkyl or cyclic N) is 1. The van der Waals surface area contributed by atoms with Crippen molar-refractivity contribution in [2.75, 3.05) is 13.6 Å². The van der Waals surface area contributed by atoms with Gasteiger partial charge in [-0.2, -0.15) is 0 Å². The number of aryl methyl sites for hydroxylation is 1. The first-order valence-electron chi connectivity index (χ1n) is 7.70. The van der Waals surface area contributed by atoms with Crippen LogP contribution in [0.5, 0.6) is 0 Å². The summed E-state index contributed by atoms with van der Waals surface area (Å²) in [5, 5.41) is 12.6. The number of likely N-dealkylation sites (N-methyl/N-ethyl adjacent to an activating group) is 1. The van der Waals surface area contributed by atoms with Gasteiger partial charge in [-0.25, -0.2) is 4.98 Å². The second-order valence-corrected chi connectivity index (χ2v) is 6.88. The molecule has 0 saturated carbocycles. The van der Waals surface area contributed by atoms with Gasteiger partial charge in [0.15, 0.2) is 0 Å². The Morgan fingerprint density at radius 1 is 1.43 bits per heavy atom. The number of carbonyl (C=O) groups is 1. The number of thiazole rings is 1. The lowest BCUT2D eigenvalue weighted by Crippen LogP contribution is -2.41.